The van der Waals surface area contributed by atoms with Crippen LogP contribution < -0.4 is 14.8 Å². The number of hydrogen-bond acceptors (Lipinski definition) is 6. The van der Waals surface area contributed by atoms with E-state index in [1.165, 1.54) is 11.1 Å². The molecule has 2 fully saturated rings. The number of aldehydes is 1. The molecule has 0 aromatic heterocycles. The number of carbonyl (C=O) groups is 1. The third-order valence-electron chi connectivity index (χ3n) is 6.47. The largest absolute Gasteiger partial charge is 0.486 e. The third-order valence-corrected chi connectivity index (χ3v) is 8.34. The summed E-state index contributed by atoms with van der Waals surface area (Å²) < 4.78 is 39.2. The second kappa shape index (κ2) is 10.9. The first-order valence-corrected chi connectivity index (χ1v) is 12.9. The minimum absolute atomic E-state index is 0.00552. The van der Waals surface area contributed by atoms with Crippen molar-refractivity contribution in [2.24, 2.45) is 0 Å². The van der Waals surface area contributed by atoms with Crippen LogP contribution in [0.4, 0.5) is 0 Å². The van der Waals surface area contributed by atoms with Crippen LogP contribution in [-0.2, 0) is 19.6 Å². The van der Waals surface area contributed by atoms with E-state index < -0.39 is 15.3 Å². The highest BCUT2D eigenvalue weighted by atomic mass is 32.2. The van der Waals surface area contributed by atoms with Crippen molar-refractivity contribution >= 4 is 16.3 Å². The van der Waals surface area contributed by atoms with Crippen LogP contribution in [0.3, 0.4) is 0 Å². The Balaban J connectivity index is 1.51. The van der Waals surface area contributed by atoms with Crippen molar-refractivity contribution in [2.45, 2.75) is 82.2 Å². The van der Waals surface area contributed by atoms with E-state index in [0.717, 1.165) is 50.7 Å². The summed E-state index contributed by atoms with van der Waals surface area (Å²) in [4.78, 5) is 10.7. The van der Waals surface area contributed by atoms with Crippen molar-refractivity contribution in [3.05, 3.63) is 29.3 Å². The number of nitrogens with one attached hydrogen (secondary N) is 2. The molecule has 0 amide bonds. The van der Waals surface area contributed by atoms with Gasteiger partial charge in [0.05, 0.1) is 18.0 Å². The Morgan fingerprint density at radius 3 is 2.61 bits per heavy atom. The quantitative estimate of drug-likeness (QED) is 0.530. The fraction of sp³-hybridized carbons (Fsp3) is 0.696. The maximum absolute atomic E-state index is 12.2. The number of benzene rings is 1. The molecule has 0 bridgehead atoms. The molecule has 2 N–H and O–H groups in total. The molecule has 1 aliphatic heterocycles. The van der Waals surface area contributed by atoms with E-state index in [-0.39, 0.29) is 24.8 Å². The zero-order valence-electron chi connectivity index (χ0n) is 18.8. The summed E-state index contributed by atoms with van der Waals surface area (Å²) in [6, 6.07) is 5.89. The van der Waals surface area contributed by atoms with E-state index in [0.29, 0.717) is 12.5 Å². The van der Waals surface area contributed by atoms with Gasteiger partial charge in [-0.1, -0.05) is 12.1 Å². The SMILES string of the molecule is Cc1cccc(OCC=O)c1C1CCC(OCC2NCC[C@@H]2NS(=O)(=O)C(C)C)CC1. The van der Waals surface area contributed by atoms with Crippen LogP contribution in [0.1, 0.15) is 63.0 Å². The third kappa shape index (κ3) is 6.28. The lowest BCUT2D eigenvalue weighted by atomic mass is 9.80. The lowest BCUT2D eigenvalue weighted by Crippen LogP contribution is -2.48. The maximum atomic E-state index is 12.2. The molecular formula is C23H36N2O5S. The van der Waals surface area contributed by atoms with Crippen molar-refractivity contribution in [3.8, 4) is 5.75 Å². The highest BCUT2D eigenvalue weighted by Crippen LogP contribution is 2.40. The van der Waals surface area contributed by atoms with Crippen molar-refractivity contribution < 1.29 is 22.7 Å². The first-order valence-electron chi connectivity index (χ1n) is 11.3. The molecule has 8 heteroatoms. The van der Waals surface area contributed by atoms with E-state index in [2.05, 4.69) is 23.0 Å². The van der Waals surface area contributed by atoms with Gasteiger partial charge in [0.1, 0.15) is 12.4 Å². The van der Waals surface area contributed by atoms with Gasteiger partial charge in [-0.25, -0.2) is 13.1 Å². The van der Waals surface area contributed by atoms with Crippen LogP contribution in [0.5, 0.6) is 5.75 Å². The summed E-state index contributed by atoms with van der Waals surface area (Å²) in [7, 11) is -3.29. The number of carbonyl (C=O) groups excluding carboxylic acids is 1. The molecule has 2 atom stereocenters. The van der Waals surface area contributed by atoms with Gasteiger partial charge in [0.2, 0.25) is 10.0 Å². The molecule has 1 aromatic rings. The van der Waals surface area contributed by atoms with E-state index in [4.69, 9.17) is 9.47 Å². The monoisotopic (exact) mass is 452 g/mol. The molecule has 1 unspecified atom stereocenters. The fourth-order valence-corrected chi connectivity index (χ4v) is 5.59. The molecule has 3 rings (SSSR count). The number of rotatable bonds is 10. The summed E-state index contributed by atoms with van der Waals surface area (Å²) in [5.41, 5.74) is 2.41. The van der Waals surface area contributed by atoms with Crippen LogP contribution in [0.2, 0.25) is 0 Å². The minimum atomic E-state index is -3.29. The Morgan fingerprint density at radius 1 is 1.19 bits per heavy atom. The number of hydrogen-bond donors (Lipinski definition) is 2. The van der Waals surface area contributed by atoms with Gasteiger partial charge in [-0.3, -0.25) is 4.79 Å². The lowest BCUT2D eigenvalue weighted by Gasteiger charge is -2.32. The highest BCUT2D eigenvalue weighted by molar-refractivity contribution is 7.90. The minimum Gasteiger partial charge on any atom is -0.486 e. The average Bonchev–Trinajstić information content (AvgIpc) is 3.17. The molecule has 174 valence electrons. The topological polar surface area (TPSA) is 93.7 Å². The predicted molar refractivity (Wildman–Crippen MR) is 121 cm³/mol. The van der Waals surface area contributed by atoms with Crippen LogP contribution in [-0.4, -0.2) is 57.9 Å². The van der Waals surface area contributed by atoms with Crippen molar-refractivity contribution in [1.82, 2.24) is 10.0 Å². The van der Waals surface area contributed by atoms with Gasteiger partial charge >= 0.3 is 0 Å². The average molecular weight is 453 g/mol. The second-order valence-electron chi connectivity index (χ2n) is 8.94. The molecule has 2 aliphatic rings. The van der Waals surface area contributed by atoms with Crippen LogP contribution >= 0.6 is 0 Å². The van der Waals surface area contributed by atoms with Crippen molar-refractivity contribution in [1.29, 1.82) is 0 Å². The number of aryl methyl sites for hydroxylation is 1. The van der Waals surface area contributed by atoms with Crippen molar-refractivity contribution in [3.63, 3.8) is 0 Å². The molecule has 1 aliphatic carbocycles. The maximum Gasteiger partial charge on any atom is 0.214 e. The molecule has 1 saturated carbocycles. The van der Waals surface area contributed by atoms with E-state index in [1.54, 1.807) is 13.8 Å². The molecule has 31 heavy (non-hydrogen) atoms. The van der Waals surface area contributed by atoms with Gasteiger partial charge in [0.25, 0.3) is 0 Å². The standard InChI is InChI=1S/C23H36N2O5S/c1-16(2)31(27,28)25-20-11-12-24-21(20)15-30-19-9-7-18(8-10-19)23-17(3)5-4-6-22(23)29-14-13-26/h4-6,13,16,18-21,24-25H,7-12,14-15H2,1-3H3/t18?,19?,20-,21?/m0/s1. The molecular weight excluding hydrogens is 416 g/mol. The van der Waals surface area contributed by atoms with Crippen LogP contribution in [0.15, 0.2) is 18.2 Å². The Morgan fingerprint density at radius 2 is 1.94 bits per heavy atom. The van der Waals surface area contributed by atoms with Gasteiger partial charge in [0, 0.05) is 17.6 Å². The first-order chi connectivity index (χ1) is 14.8. The summed E-state index contributed by atoms with van der Waals surface area (Å²) in [6.45, 7) is 6.86. The van der Waals surface area contributed by atoms with Gasteiger partial charge in [0.15, 0.2) is 6.29 Å². The summed E-state index contributed by atoms with van der Waals surface area (Å²) in [6.07, 6.45) is 5.68. The molecule has 1 saturated heterocycles. The highest BCUT2D eigenvalue weighted by Gasteiger charge is 2.33. The van der Waals surface area contributed by atoms with Crippen LogP contribution in [0, 0.1) is 6.92 Å². The smallest absolute Gasteiger partial charge is 0.214 e. The van der Waals surface area contributed by atoms with Gasteiger partial charge in [-0.15, -0.1) is 0 Å². The molecule has 7 nitrogen and oxygen atoms in total. The Bertz CT molecular complexity index is 834. The first kappa shape index (κ1) is 24.2. The Labute approximate surface area is 186 Å². The molecule has 0 radical (unpaired) electrons. The molecule has 0 spiro atoms. The van der Waals surface area contributed by atoms with E-state index in [1.807, 2.05) is 12.1 Å². The van der Waals surface area contributed by atoms with E-state index >= 15 is 0 Å². The van der Waals surface area contributed by atoms with Crippen LogP contribution in [0.25, 0.3) is 0 Å². The predicted octanol–water partition coefficient (Wildman–Crippen LogP) is 2.67. The molecule has 1 aromatic carbocycles. The second-order valence-corrected chi connectivity index (χ2v) is 11.2. The zero-order chi connectivity index (χ0) is 22.4. The summed E-state index contributed by atoms with van der Waals surface area (Å²) in [5, 5.41) is 2.94. The number of ether oxygens (including phenoxy) is 2. The summed E-state index contributed by atoms with van der Waals surface area (Å²) in [5.74, 6) is 1.21. The fourth-order valence-electron chi connectivity index (χ4n) is 4.62. The number of sulfonamides is 1. The van der Waals surface area contributed by atoms with Crippen molar-refractivity contribution in [2.75, 3.05) is 19.8 Å². The lowest BCUT2D eigenvalue weighted by molar-refractivity contribution is -0.109. The Hall–Kier alpha value is -1.48. The normalized spacial score (nSPS) is 26.8. The zero-order valence-corrected chi connectivity index (χ0v) is 19.6. The van der Waals surface area contributed by atoms with E-state index in [9.17, 15) is 13.2 Å². The van der Waals surface area contributed by atoms with Gasteiger partial charge in [-0.05, 0) is 77.0 Å². The molecule has 1 heterocycles. The van der Waals surface area contributed by atoms with Gasteiger partial charge < -0.3 is 14.8 Å². The summed E-state index contributed by atoms with van der Waals surface area (Å²) >= 11 is 0. The van der Waals surface area contributed by atoms with Gasteiger partial charge in [-0.2, -0.15) is 0 Å². The Kier molecular flexibility index (Phi) is 8.50.